The molecule has 1 fully saturated rings. The van der Waals surface area contributed by atoms with Crippen LogP contribution in [0.2, 0.25) is 0 Å². The smallest absolute Gasteiger partial charge is 0.257 e. The van der Waals surface area contributed by atoms with Gasteiger partial charge in [-0.15, -0.1) is 0 Å². The molecule has 1 unspecified atom stereocenters. The molecule has 1 aromatic carbocycles. The Balaban J connectivity index is 1.88. The number of rotatable bonds is 2. The number of nitrogens with one attached hydrogen (secondary N) is 1. The summed E-state index contributed by atoms with van der Waals surface area (Å²) in [5.41, 5.74) is 0.514. The van der Waals surface area contributed by atoms with Gasteiger partial charge in [-0.25, -0.2) is 4.39 Å². The molecular weight excluding hydrogens is 245 g/mol. The molecule has 0 spiro atoms. The first-order chi connectivity index (χ1) is 9.17. The summed E-state index contributed by atoms with van der Waals surface area (Å²) in [4.78, 5) is 4.44. The summed E-state index contributed by atoms with van der Waals surface area (Å²) in [6.45, 7) is 3.06. The fourth-order valence-electron chi connectivity index (χ4n) is 2.40. The molecule has 0 aliphatic carbocycles. The van der Waals surface area contributed by atoms with Gasteiger partial charge in [-0.1, -0.05) is 5.16 Å². The van der Waals surface area contributed by atoms with Crippen molar-refractivity contribution < 1.29 is 8.91 Å². The Hall–Kier alpha value is -1.75. The molecule has 1 aliphatic heterocycles. The minimum atomic E-state index is -0.274. The van der Waals surface area contributed by atoms with E-state index in [9.17, 15) is 4.39 Å². The van der Waals surface area contributed by atoms with Crippen molar-refractivity contribution in [3.8, 4) is 11.5 Å². The van der Waals surface area contributed by atoms with Gasteiger partial charge >= 0.3 is 0 Å². The van der Waals surface area contributed by atoms with Crippen LogP contribution in [0.4, 0.5) is 4.39 Å². The number of benzene rings is 1. The molecule has 0 bridgehead atoms. The van der Waals surface area contributed by atoms with E-state index in [1.54, 1.807) is 12.1 Å². The van der Waals surface area contributed by atoms with Crippen LogP contribution in [0.1, 0.15) is 32.0 Å². The number of halogens is 1. The molecule has 3 rings (SSSR count). The van der Waals surface area contributed by atoms with Crippen molar-refractivity contribution >= 4 is 0 Å². The van der Waals surface area contributed by atoms with Gasteiger partial charge in [0.1, 0.15) is 5.82 Å². The first-order valence-corrected chi connectivity index (χ1v) is 6.52. The monoisotopic (exact) mass is 261 g/mol. The van der Waals surface area contributed by atoms with Gasteiger partial charge in [0.25, 0.3) is 5.89 Å². The van der Waals surface area contributed by atoms with E-state index in [0.29, 0.717) is 11.7 Å². The normalized spacial score (nSPS) is 23.5. The van der Waals surface area contributed by atoms with Crippen molar-refractivity contribution in [3.05, 3.63) is 35.9 Å². The molecule has 0 saturated carbocycles. The van der Waals surface area contributed by atoms with Crippen LogP contribution < -0.4 is 5.32 Å². The standard InChI is InChI=1S/C14H16FN3O/c1-14(8-2-3-9-16-14)13-17-12(19-18-13)10-4-6-11(15)7-5-10/h4-7,16H,2-3,8-9H2,1H3. The fourth-order valence-corrected chi connectivity index (χ4v) is 2.40. The zero-order chi connectivity index (χ0) is 13.3. The second-order valence-corrected chi connectivity index (χ2v) is 5.15. The van der Waals surface area contributed by atoms with Gasteiger partial charge < -0.3 is 9.84 Å². The summed E-state index contributed by atoms with van der Waals surface area (Å²) in [7, 11) is 0. The minimum Gasteiger partial charge on any atom is -0.334 e. The summed E-state index contributed by atoms with van der Waals surface area (Å²) in [5, 5.41) is 7.51. The van der Waals surface area contributed by atoms with Crippen molar-refractivity contribution in [2.24, 2.45) is 0 Å². The number of hydrogen-bond acceptors (Lipinski definition) is 4. The predicted octanol–water partition coefficient (Wildman–Crippen LogP) is 2.86. The van der Waals surface area contributed by atoms with Crippen LogP contribution in [0.5, 0.6) is 0 Å². The first kappa shape index (κ1) is 12.3. The molecule has 1 atom stereocenters. The molecule has 5 heteroatoms. The molecule has 2 aromatic rings. The summed E-state index contributed by atoms with van der Waals surface area (Å²) < 4.78 is 18.2. The van der Waals surface area contributed by atoms with E-state index in [0.717, 1.165) is 24.9 Å². The average molecular weight is 261 g/mol. The highest BCUT2D eigenvalue weighted by molar-refractivity contribution is 5.52. The molecule has 0 amide bonds. The lowest BCUT2D eigenvalue weighted by Crippen LogP contribution is -2.44. The van der Waals surface area contributed by atoms with Crippen LogP contribution in [-0.2, 0) is 5.54 Å². The van der Waals surface area contributed by atoms with E-state index in [1.807, 2.05) is 0 Å². The van der Waals surface area contributed by atoms with Gasteiger partial charge in [-0.3, -0.25) is 0 Å². The molecule has 4 nitrogen and oxygen atoms in total. The number of nitrogens with zero attached hydrogens (tertiary/aromatic N) is 2. The third-order valence-electron chi connectivity index (χ3n) is 3.63. The van der Waals surface area contributed by atoms with E-state index in [1.165, 1.54) is 18.6 Å². The number of aromatic nitrogens is 2. The SMILES string of the molecule is CC1(c2noc(-c3ccc(F)cc3)n2)CCCCN1. The summed E-state index contributed by atoms with van der Waals surface area (Å²) in [5.74, 6) is 0.833. The largest absolute Gasteiger partial charge is 0.334 e. The lowest BCUT2D eigenvalue weighted by Gasteiger charge is -2.31. The number of hydrogen-bond donors (Lipinski definition) is 1. The zero-order valence-corrected chi connectivity index (χ0v) is 10.8. The van der Waals surface area contributed by atoms with E-state index in [-0.39, 0.29) is 11.4 Å². The highest BCUT2D eigenvalue weighted by atomic mass is 19.1. The van der Waals surface area contributed by atoms with E-state index >= 15 is 0 Å². The predicted molar refractivity (Wildman–Crippen MR) is 68.9 cm³/mol. The van der Waals surface area contributed by atoms with Crippen molar-refractivity contribution in [1.82, 2.24) is 15.5 Å². The van der Waals surface area contributed by atoms with Gasteiger partial charge in [-0.2, -0.15) is 4.98 Å². The Morgan fingerprint density at radius 1 is 1.26 bits per heavy atom. The van der Waals surface area contributed by atoms with Gasteiger partial charge in [0.2, 0.25) is 0 Å². The maximum Gasteiger partial charge on any atom is 0.257 e. The second kappa shape index (κ2) is 4.74. The van der Waals surface area contributed by atoms with E-state index in [4.69, 9.17) is 4.52 Å². The van der Waals surface area contributed by atoms with Crippen LogP contribution in [0.3, 0.4) is 0 Å². The first-order valence-electron chi connectivity index (χ1n) is 6.52. The maximum absolute atomic E-state index is 12.9. The van der Waals surface area contributed by atoms with Crippen LogP contribution >= 0.6 is 0 Å². The van der Waals surface area contributed by atoms with Crippen LogP contribution in [0, 0.1) is 5.82 Å². The van der Waals surface area contributed by atoms with Crippen molar-refractivity contribution in [2.75, 3.05) is 6.54 Å². The van der Waals surface area contributed by atoms with Crippen LogP contribution in [-0.4, -0.2) is 16.7 Å². The third kappa shape index (κ3) is 2.38. The quantitative estimate of drug-likeness (QED) is 0.903. The van der Waals surface area contributed by atoms with E-state index in [2.05, 4.69) is 22.4 Å². The topological polar surface area (TPSA) is 51.0 Å². The van der Waals surface area contributed by atoms with Gasteiger partial charge in [0, 0.05) is 5.56 Å². The molecule has 1 aromatic heterocycles. The zero-order valence-electron chi connectivity index (χ0n) is 10.8. The summed E-state index contributed by atoms with van der Waals surface area (Å²) >= 11 is 0. The Morgan fingerprint density at radius 2 is 2.05 bits per heavy atom. The lowest BCUT2D eigenvalue weighted by atomic mass is 9.90. The number of piperidine rings is 1. The summed E-state index contributed by atoms with van der Waals surface area (Å²) in [6, 6.07) is 6.06. The molecule has 100 valence electrons. The lowest BCUT2D eigenvalue weighted by molar-refractivity contribution is 0.258. The Morgan fingerprint density at radius 3 is 2.74 bits per heavy atom. The summed E-state index contributed by atoms with van der Waals surface area (Å²) in [6.07, 6.45) is 3.33. The van der Waals surface area contributed by atoms with Gasteiger partial charge in [0.05, 0.1) is 5.54 Å². The average Bonchev–Trinajstić information content (AvgIpc) is 2.91. The van der Waals surface area contributed by atoms with Crippen LogP contribution in [0.15, 0.2) is 28.8 Å². The molecule has 1 aliphatic rings. The van der Waals surface area contributed by atoms with Crippen molar-refractivity contribution in [1.29, 1.82) is 0 Å². The van der Waals surface area contributed by atoms with Crippen molar-refractivity contribution in [2.45, 2.75) is 31.7 Å². The molecular formula is C14H16FN3O. The highest BCUT2D eigenvalue weighted by Crippen LogP contribution is 2.29. The second-order valence-electron chi connectivity index (χ2n) is 5.15. The Kier molecular flexibility index (Phi) is 3.06. The highest BCUT2D eigenvalue weighted by Gasteiger charge is 2.33. The van der Waals surface area contributed by atoms with Gasteiger partial charge in [0.15, 0.2) is 5.82 Å². The third-order valence-corrected chi connectivity index (χ3v) is 3.63. The molecule has 0 radical (unpaired) electrons. The Labute approximate surface area is 111 Å². The minimum absolute atomic E-state index is 0.222. The Bertz CT molecular complexity index is 558. The van der Waals surface area contributed by atoms with Crippen molar-refractivity contribution in [3.63, 3.8) is 0 Å². The molecule has 2 heterocycles. The maximum atomic E-state index is 12.9. The molecule has 1 N–H and O–H groups in total. The van der Waals surface area contributed by atoms with Crippen LogP contribution in [0.25, 0.3) is 11.5 Å². The molecule has 19 heavy (non-hydrogen) atoms. The fraction of sp³-hybridized carbons (Fsp3) is 0.429. The molecule has 1 saturated heterocycles. The van der Waals surface area contributed by atoms with E-state index < -0.39 is 0 Å². The van der Waals surface area contributed by atoms with Gasteiger partial charge in [-0.05, 0) is 57.0 Å².